The van der Waals surface area contributed by atoms with Gasteiger partial charge in [0.25, 0.3) is 10.0 Å². The van der Waals surface area contributed by atoms with Gasteiger partial charge in [-0.2, -0.15) is 0 Å². The van der Waals surface area contributed by atoms with Crippen LogP contribution in [0.2, 0.25) is 0 Å². The Balaban J connectivity index is 1.75. The molecule has 0 aliphatic rings. The van der Waals surface area contributed by atoms with Crippen LogP contribution in [-0.2, 0) is 16.4 Å². The summed E-state index contributed by atoms with van der Waals surface area (Å²) in [6.45, 7) is 1.96. The van der Waals surface area contributed by atoms with E-state index in [1.165, 1.54) is 41.7 Å². The molecule has 3 rings (SSSR count). The van der Waals surface area contributed by atoms with Crippen molar-refractivity contribution < 1.29 is 17.2 Å². The molecule has 0 saturated heterocycles. The van der Waals surface area contributed by atoms with Crippen LogP contribution in [0.5, 0.6) is 0 Å². The summed E-state index contributed by atoms with van der Waals surface area (Å²) in [6.07, 6.45) is 0.771. The summed E-state index contributed by atoms with van der Waals surface area (Å²) in [7, 11) is -3.66. The van der Waals surface area contributed by atoms with Crippen molar-refractivity contribution in [2.45, 2.75) is 17.6 Å². The molecule has 2 N–H and O–H groups in total. The largest absolute Gasteiger partial charge is 0.351 e. The summed E-state index contributed by atoms with van der Waals surface area (Å²) in [5.74, 6) is -1.42. The van der Waals surface area contributed by atoms with Crippen molar-refractivity contribution in [1.82, 2.24) is 0 Å². The second kappa shape index (κ2) is 7.43. The van der Waals surface area contributed by atoms with E-state index in [2.05, 4.69) is 10.0 Å². The molecule has 0 aliphatic heterocycles. The van der Waals surface area contributed by atoms with Crippen molar-refractivity contribution in [1.29, 1.82) is 0 Å². The van der Waals surface area contributed by atoms with E-state index in [0.29, 0.717) is 11.4 Å². The fraction of sp³-hybridized carbons (Fsp3) is 0.111. The van der Waals surface area contributed by atoms with Gasteiger partial charge in [-0.05, 0) is 55.0 Å². The van der Waals surface area contributed by atoms with Gasteiger partial charge in [-0.15, -0.1) is 11.3 Å². The maximum absolute atomic E-state index is 13.7. The first kappa shape index (κ1) is 18.3. The van der Waals surface area contributed by atoms with Gasteiger partial charge in [0.2, 0.25) is 0 Å². The first-order valence-corrected chi connectivity index (χ1v) is 10.1. The molecule has 0 saturated carbocycles. The Morgan fingerprint density at radius 3 is 2.12 bits per heavy atom. The standard InChI is InChI=1S/C18H16F2N2O2S2/c1-2-14-10-11-17(25-14)26(23,24)22-13-8-6-12(7-9-13)21-18-15(19)4-3-5-16(18)20/h3-11,21-22H,2H2,1H3. The van der Waals surface area contributed by atoms with E-state index in [-0.39, 0.29) is 9.90 Å². The molecule has 0 spiro atoms. The molecular formula is C18H16F2N2O2S2. The normalized spacial score (nSPS) is 11.3. The molecule has 3 aromatic rings. The summed E-state index contributed by atoms with van der Waals surface area (Å²) in [5, 5.41) is 2.65. The van der Waals surface area contributed by atoms with Gasteiger partial charge >= 0.3 is 0 Å². The molecule has 4 nitrogen and oxygen atoms in total. The van der Waals surface area contributed by atoms with E-state index >= 15 is 0 Å². The Kier molecular flexibility index (Phi) is 5.24. The number of halogens is 2. The average Bonchev–Trinajstić information content (AvgIpc) is 3.10. The van der Waals surface area contributed by atoms with Crippen LogP contribution in [0.3, 0.4) is 0 Å². The summed E-state index contributed by atoms with van der Waals surface area (Å²) < 4.78 is 54.8. The quantitative estimate of drug-likeness (QED) is 0.609. The highest BCUT2D eigenvalue weighted by molar-refractivity contribution is 7.94. The van der Waals surface area contributed by atoms with E-state index in [1.807, 2.05) is 6.92 Å². The Bertz CT molecular complexity index is 996. The van der Waals surface area contributed by atoms with E-state index < -0.39 is 21.7 Å². The smallest absolute Gasteiger partial charge is 0.271 e. The van der Waals surface area contributed by atoms with Crippen molar-refractivity contribution in [2.75, 3.05) is 10.0 Å². The molecule has 0 unspecified atom stereocenters. The summed E-state index contributed by atoms with van der Waals surface area (Å²) in [4.78, 5) is 0.983. The minimum absolute atomic E-state index is 0.241. The minimum atomic E-state index is -3.66. The van der Waals surface area contributed by atoms with Crippen LogP contribution in [0.25, 0.3) is 0 Å². The van der Waals surface area contributed by atoms with Crippen molar-refractivity contribution in [3.05, 3.63) is 71.1 Å². The molecule has 0 fully saturated rings. The van der Waals surface area contributed by atoms with Gasteiger partial charge in [0.05, 0.1) is 0 Å². The Labute approximate surface area is 154 Å². The van der Waals surface area contributed by atoms with E-state index in [9.17, 15) is 17.2 Å². The number of benzene rings is 2. The fourth-order valence-electron chi connectivity index (χ4n) is 2.28. The number of hydrogen-bond donors (Lipinski definition) is 2. The van der Waals surface area contributed by atoms with Crippen LogP contribution in [-0.4, -0.2) is 8.42 Å². The lowest BCUT2D eigenvalue weighted by molar-refractivity contribution is 0.590. The van der Waals surface area contributed by atoms with Gasteiger partial charge in [-0.3, -0.25) is 4.72 Å². The highest BCUT2D eigenvalue weighted by Crippen LogP contribution is 2.27. The molecule has 136 valence electrons. The molecule has 0 aliphatic carbocycles. The third-order valence-electron chi connectivity index (χ3n) is 3.62. The van der Waals surface area contributed by atoms with Crippen molar-refractivity contribution in [3.63, 3.8) is 0 Å². The maximum Gasteiger partial charge on any atom is 0.271 e. The zero-order valence-corrected chi connectivity index (χ0v) is 15.4. The Hall–Kier alpha value is -2.45. The molecular weight excluding hydrogens is 378 g/mol. The van der Waals surface area contributed by atoms with Crippen LogP contribution < -0.4 is 10.0 Å². The van der Waals surface area contributed by atoms with E-state index in [0.717, 1.165) is 23.4 Å². The maximum atomic E-state index is 13.7. The van der Waals surface area contributed by atoms with Gasteiger partial charge in [0.1, 0.15) is 21.5 Å². The molecule has 1 aromatic heterocycles. The zero-order valence-electron chi connectivity index (χ0n) is 13.8. The Morgan fingerprint density at radius 2 is 1.54 bits per heavy atom. The van der Waals surface area contributed by atoms with Crippen LogP contribution in [0.4, 0.5) is 25.8 Å². The second-order valence-corrected chi connectivity index (χ2v) is 8.56. The third-order valence-corrected chi connectivity index (χ3v) is 6.72. The lowest BCUT2D eigenvalue weighted by Crippen LogP contribution is -2.11. The fourth-order valence-corrected chi connectivity index (χ4v) is 4.64. The summed E-state index contributed by atoms with van der Waals surface area (Å²) in [6, 6.07) is 13.1. The zero-order chi connectivity index (χ0) is 18.7. The van der Waals surface area contributed by atoms with Crippen LogP contribution in [0.1, 0.15) is 11.8 Å². The highest BCUT2D eigenvalue weighted by Gasteiger charge is 2.17. The van der Waals surface area contributed by atoms with Gasteiger partial charge in [-0.25, -0.2) is 17.2 Å². The second-order valence-electron chi connectivity index (χ2n) is 5.48. The molecule has 8 heteroatoms. The van der Waals surface area contributed by atoms with Gasteiger partial charge in [-0.1, -0.05) is 13.0 Å². The molecule has 0 atom stereocenters. The highest BCUT2D eigenvalue weighted by atomic mass is 32.2. The van der Waals surface area contributed by atoms with Crippen LogP contribution in [0.15, 0.2) is 58.8 Å². The number of nitrogens with one attached hydrogen (secondary N) is 2. The summed E-state index contributed by atoms with van der Waals surface area (Å²) in [5.41, 5.74) is 0.531. The first-order valence-electron chi connectivity index (χ1n) is 7.81. The number of anilines is 3. The van der Waals surface area contributed by atoms with Crippen molar-refractivity contribution in [2.24, 2.45) is 0 Å². The molecule has 0 amide bonds. The monoisotopic (exact) mass is 394 g/mol. The first-order chi connectivity index (χ1) is 12.4. The van der Waals surface area contributed by atoms with Gasteiger partial charge in [0, 0.05) is 16.3 Å². The molecule has 2 aromatic carbocycles. The van der Waals surface area contributed by atoms with E-state index in [4.69, 9.17) is 0 Å². The van der Waals surface area contributed by atoms with Crippen LogP contribution >= 0.6 is 11.3 Å². The lowest BCUT2D eigenvalue weighted by Gasteiger charge is -2.10. The van der Waals surface area contributed by atoms with E-state index in [1.54, 1.807) is 12.1 Å². The summed E-state index contributed by atoms with van der Waals surface area (Å²) >= 11 is 1.22. The lowest BCUT2D eigenvalue weighted by atomic mass is 10.2. The number of hydrogen-bond acceptors (Lipinski definition) is 4. The van der Waals surface area contributed by atoms with Gasteiger partial charge < -0.3 is 5.32 Å². The number of sulfonamides is 1. The topological polar surface area (TPSA) is 58.2 Å². The van der Waals surface area contributed by atoms with Crippen molar-refractivity contribution in [3.8, 4) is 0 Å². The molecule has 1 heterocycles. The number of thiophene rings is 1. The average molecular weight is 394 g/mol. The predicted octanol–water partition coefficient (Wildman–Crippen LogP) is 5.13. The molecule has 26 heavy (non-hydrogen) atoms. The minimum Gasteiger partial charge on any atom is -0.351 e. The number of rotatable bonds is 6. The predicted molar refractivity (Wildman–Crippen MR) is 101 cm³/mol. The van der Waals surface area contributed by atoms with Gasteiger partial charge in [0.15, 0.2) is 0 Å². The number of aryl methyl sites for hydroxylation is 1. The Morgan fingerprint density at radius 1 is 0.923 bits per heavy atom. The number of para-hydroxylation sites is 1. The molecule has 0 radical (unpaired) electrons. The molecule has 0 bridgehead atoms. The SMILES string of the molecule is CCc1ccc(S(=O)(=O)Nc2ccc(Nc3c(F)cccc3F)cc2)s1. The van der Waals surface area contributed by atoms with Crippen molar-refractivity contribution >= 4 is 38.4 Å². The van der Waals surface area contributed by atoms with Crippen LogP contribution in [0, 0.1) is 11.6 Å². The third kappa shape index (κ3) is 4.03.